The van der Waals surface area contributed by atoms with E-state index in [0.29, 0.717) is 17.9 Å². The van der Waals surface area contributed by atoms with E-state index in [2.05, 4.69) is 17.3 Å². The van der Waals surface area contributed by atoms with E-state index < -0.39 is 0 Å². The molecule has 80 valence electrons. The monoisotopic (exact) mass is 196 g/mol. The van der Waals surface area contributed by atoms with Gasteiger partial charge in [0.25, 0.3) is 0 Å². The van der Waals surface area contributed by atoms with Gasteiger partial charge in [-0.15, -0.1) is 0 Å². The van der Waals surface area contributed by atoms with Crippen LogP contribution in [-0.4, -0.2) is 37.0 Å². The number of piperidine rings is 2. The number of carbonyl (C=O) groups excluding carboxylic acids is 1. The van der Waals surface area contributed by atoms with E-state index in [0.717, 1.165) is 13.1 Å². The van der Waals surface area contributed by atoms with E-state index in [4.69, 9.17) is 0 Å². The lowest BCUT2D eigenvalue weighted by Crippen LogP contribution is -2.64. The van der Waals surface area contributed by atoms with Crippen molar-refractivity contribution in [2.75, 3.05) is 20.1 Å². The molecule has 1 aliphatic carbocycles. The molecule has 2 aliphatic heterocycles. The van der Waals surface area contributed by atoms with Gasteiger partial charge in [0, 0.05) is 25.0 Å². The predicted molar refractivity (Wildman–Crippen MR) is 55.9 cm³/mol. The molecule has 2 bridgehead atoms. The molecule has 1 saturated carbocycles. The van der Waals surface area contributed by atoms with Crippen LogP contribution in [0.3, 0.4) is 0 Å². The second-order valence-electron chi connectivity index (χ2n) is 5.17. The molecule has 1 amide bonds. The molecule has 0 spiro atoms. The van der Waals surface area contributed by atoms with Gasteiger partial charge in [0.2, 0.25) is 5.91 Å². The predicted octanol–water partition coefficient (Wildman–Crippen LogP) is 0.709. The lowest BCUT2D eigenvalue weighted by Gasteiger charge is -2.53. The van der Waals surface area contributed by atoms with Gasteiger partial charge < -0.3 is 10.2 Å². The summed E-state index contributed by atoms with van der Waals surface area (Å²) in [5.41, 5.74) is 0. The lowest BCUT2D eigenvalue weighted by atomic mass is 9.66. The molecular weight excluding hydrogens is 176 g/mol. The first-order valence-electron chi connectivity index (χ1n) is 5.57. The minimum atomic E-state index is 0.119. The van der Waals surface area contributed by atoms with E-state index in [1.807, 2.05) is 13.8 Å². The fourth-order valence-electron chi connectivity index (χ4n) is 2.69. The number of nitrogens with zero attached hydrogens (tertiary/aromatic N) is 1. The number of hydrogen-bond acceptors (Lipinski definition) is 2. The van der Waals surface area contributed by atoms with Crippen molar-refractivity contribution in [1.29, 1.82) is 0 Å². The van der Waals surface area contributed by atoms with Gasteiger partial charge >= 0.3 is 0 Å². The fraction of sp³-hybridized carbons (Fsp3) is 0.909. The summed E-state index contributed by atoms with van der Waals surface area (Å²) in [6.45, 7) is 6.21. The zero-order chi connectivity index (χ0) is 10.3. The molecule has 3 nitrogen and oxygen atoms in total. The third-order valence-corrected chi connectivity index (χ3v) is 3.55. The number of nitrogens with one attached hydrogen (secondary N) is 1. The molecule has 3 aliphatic rings. The Morgan fingerprint density at radius 2 is 1.93 bits per heavy atom. The van der Waals surface area contributed by atoms with Crippen LogP contribution < -0.4 is 5.32 Å². The van der Waals surface area contributed by atoms with Crippen LogP contribution in [0.2, 0.25) is 0 Å². The summed E-state index contributed by atoms with van der Waals surface area (Å²) in [6, 6.07) is 0.473. The summed E-state index contributed by atoms with van der Waals surface area (Å²) in [5, 5.41) is 3.17. The smallest absolute Gasteiger partial charge is 0.222 e. The average Bonchev–Trinajstić information content (AvgIpc) is 2.13. The van der Waals surface area contributed by atoms with Crippen LogP contribution in [-0.2, 0) is 4.79 Å². The van der Waals surface area contributed by atoms with Crippen molar-refractivity contribution in [3.05, 3.63) is 0 Å². The highest BCUT2D eigenvalue weighted by atomic mass is 16.1. The Bertz CT molecular complexity index is 227. The van der Waals surface area contributed by atoms with Crippen LogP contribution in [0.15, 0.2) is 0 Å². The van der Waals surface area contributed by atoms with Gasteiger partial charge in [0.05, 0.1) is 0 Å². The van der Waals surface area contributed by atoms with Gasteiger partial charge in [-0.25, -0.2) is 0 Å². The van der Waals surface area contributed by atoms with Gasteiger partial charge in [-0.05, 0) is 25.3 Å². The van der Waals surface area contributed by atoms with Crippen LogP contribution in [0, 0.1) is 17.8 Å². The Kier molecular flexibility index (Phi) is 2.52. The maximum atomic E-state index is 11.5. The zero-order valence-electron chi connectivity index (χ0n) is 9.29. The maximum absolute atomic E-state index is 11.5. The van der Waals surface area contributed by atoms with Gasteiger partial charge in [0.1, 0.15) is 0 Å². The molecule has 0 aromatic rings. The Morgan fingerprint density at radius 3 is 2.43 bits per heavy atom. The van der Waals surface area contributed by atoms with E-state index >= 15 is 0 Å². The van der Waals surface area contributed by atoms with E-state index in [-0.39, 0.29) is 11.8 Å². The highest BCUT2D eigenvalue weighted by Gasteiger charge is 2.46. The molecular formula is C11H20N2O. The normalized spacial score (nSPS) is 36.7. The second kappa shape index (κ2) is 3.54. The quantitative estimate of drug-likeness (QED) is 0.705. The van der Waals surface area contributed by atoms with Crippen LogP contribution in [0.1, 0.15) is 20.3 Å². The van der Waals surface area contributed by atoms with Crippen LogP contribution >= 0.6 is 0 Å². The third-order valence-electron chi connectivity index (χ3n) is 3.55. The van der Waals surface area contributed by atoms with Crippen LogP contribution in [0.4, 0.5) is 0 Å². The molecule has 1 N–H and O–H groups in total. The first-order valence-corrected chi connectivity index (χ1v) is 5.57. The van der Waals surface area contributed by atoms with Crippen molar-refractivity contribution < 1.29 is 4.79 Å². The third kappa shape index (κ3) is 1.65. The first kappa shape index (κ1) is 9.97. The van der Waals surface area contributed by atoms with E-state index in [1.165, 1.54) is 6.42 Å². The zero-order valence-corrected chi connectivity index (χ0v) is 9.29. The Labute approximate surface area is 85.8 Å². The summed E-state index contributed by atoms with van der Waals surface area (Å²) in [5.74, 6) is 1.76. The minimum absolute atomic E-state index is 0.119. The minimum Gasteiger partial charge on any atom is -0.352 e. The highest BCUT2D eigenvalue weighted by molar-refractivity contribution is 5.78. The topological polar surface area (TPSA) is 32.3 Å². The van der Waals surface area contributed by atoms with Crippen molar-refractivity contribution in [3.8, 4) is 0 Å². The summed E-state index contributed by atoms with van der Waals surface area (Å²) >= 11 is 0. The Morgan fingerprint density at radius 1 is 1.36 bits per heavy atom. The lowest BCUT2D eigenvalue weighted by molar-refractivity contribution is -0.128. The Hall–Kier alpha value is -0.570. The summed E-state index contributed by atoms with van der Waals surface area (Å²) in [6.07, 6.45) is 1.31. The van der Waals surface area contributed by atoms with Gasteiger partial charge in [-0.3, -0.25) is 4.79 Å². The summed E-state index contributed by atoms with van der Waals surface area (Å²) < 4.78 is 0. The fourth-order valence-corrected chi connectivity index (χ4v) is 2.69. The molecule has 3 atom stereocenters. The molecule has 3 rings (SSSR count). The molecule has 3 heteroatoms. The number of hydrogen-bond donors (Lipinski definition) is 1. The van der Waals surface area contributed by atoms with E-state index in [9.17, 15) is 4.79 Å². The van der Waals surface area contributed by atoms with Crippen LogP contribution in [0.25, 0.3) is 0 Å². The molecule has 3 fully saturated rings. The van der Waals surface area contributed by atoms with Crippen molar-refractivity contribution in [2.24, 2.45) is 17.8 Å². The SMILES string of the molecule is CC(C)C(=O)N[C@@H]1[C@@H]2C[C@H]1CN(C)C2. The van der Waals surface area contributed by atoms with Crippen molar-refractivity contribution in [2.45, 2.75) is 26.3 Å². The van der Waals surface area contributed by atoms with Crippen molar-refractivity contribution in [1.82, 2.24) is 10.2 Å². The van der Waals surface area contributed by atoms with Gasteiger partial charge in [0.15, 0.2) is 0 Å². The number of fused-ring (bicyclic) bond motifs is 2. The van der Waals surface area contributed by atoms with Gasteiger partial charge in [-0.1, -0.05) is 13.8 Å². The Balaban J connectivity index is 1.87. The molecule has 0 aromatic carbocycles. The molecule has 0 aromatic heterocycles. The number of amides is 1. The van der Waals surface area contributed by atoms with Crippen molar-refractivity contribution >= 4 is 5.91 Å². The molecule has 0 unspecified atom stereocenters. The largest absolute Gasteiger partial charge is 0.352 e. The maximum Gasteiger partial charge on any atom is 0.222 e. The molecule has 2 saturated heterocycles. The number of carbonyl (C=O) groups is 1. The molecule has 2 heterocycles. The summed E-state index contributed by atoms with van der Waals surface area (Å²) in [7, 11) is 2.17. The van der Waals surface area contributed by atoms with E-state index in [1.54, 1.807) is 0 Å². The standard InChI is InChI=1S/C11H20N2O/c1-7(2)11(14)12-10-8-4-9(10)6-13(3)5-8/h7-10H,4-6H2,1-3H3,(H,12,14)/t8-,9+,10-. The first-order chi connectivity index (χ1) is 6.58. The molecule has 0 radical (unpaired) electrons. The van der Waals surface area contributed by atoms with Gasteiger partial charge in [-0.2, -0.15) is 0 Å². The van der Waals surface area contributed by atoms with Crippen molar-refractivity contribution in [3.63, 3.8) is 0 Å². The summed E-state index contributed by atoms with van der Waals surface area (Å²) in [4.78, 5) is 13.9. The molecule has 14 heavy (non-hydrogen) atoms. The number of rotatable bonds is 2. The average molecular weight is 196 g/mol. The highest BCUT2D eigenvalue weighted by Crippen LogP contribution is 2.39. The van der Waals surface area contributed by atoms with Crippen LogP contribution in [0.5, 0.6) is 0 Å². The second-order valence-corrected chi connectivity index (χ2v) is 5.17.